The molecule has 4 aromatic rings. The molecule has 4 rings (SSSR count). The van der Waals surface area contributed by atoms with Crippen LogP contribution in [0.5, 0.6) is 0 Å². The normalized spacial score (nSPS) is 11.9. The second-order valence-electron chi connectivity index (χ2n) is 8.18. The molecule has 8 nitrogen and oxygen atoms in total. The Morgan fingerprint density at radius 3 is 2.56 bits per heavy atom. The number of hydrogen-bond acceptors (Lipinski definition) is 6. The number of aryl methyl sites for hydroxylation is 1. The number of aromatic carboxylic acids is 1. The van der Waals surface area contributed by atoms with Gasteiger partial charge in [0.05, 0.1) is 17.0 Å². The molecule has 0 aliphatic rings. The fourth-order valence-electron chi connectivity index (χ4n) is 3.95. The number of fused-ring (bicyclic) bond motifs is 1. The molecule has 0 saturated heterocycles. The summed E-state index contributed by atoms with van der Waals surface area (Å²) in [6, 6.07) is 14.6. The van der Waals surface area contributed by atoms with Crippen LogP contribution < -0.4 is 16.2 Å². The molecule has 0 aliphatic heterocycles. The van der Waals surface area contributed by atoms with Crippen molar-refractivity contribution in [1.29, 1.82) is 10.8 Å². The predicted molar refractivity (Wildman–Crippen MR) is 131 cm³/mol. The summed E-state index contributed by atoms with van der Waals surface area (Å²) in [5.74, 6) is -0.522. The molecule has 2 aromatic heterocycles. The van der Waals surface area contributed by atoms with Crippen LogP contribution in [0, 0.1) is 17.7 Å². The van der Waals surface area contributed by atoms with Crippen molar-refractivity contribution >= 4 is 28.5 Å². The molecule has 0 fully saturated rings. The first-order chi connectivity index (χ1) is 16.2. The van der Waals surface area contributed by atoms with Gasteiger partial charge in [0.1, 0.15) is 22.7 Å². The standard InChI is InChI=1S/C26H24N4O4/c1-14-10-19(15(2)29-21-7-5-4-6-18(21)26(32)33)25-20(11-14)22(31)13-23(34-25)17-8-9-30(16(3)27)24(28)12-17/h4-13,15,27-29H,1-3H3,(H,32,33). The van der Waals surface area contributed by atoms with Crippen LogP contribution in [0.1, 0.15) is 41.4 Å². The highest BCUT2D eigenvalue weighted by atomic mass is 16.4. The van der Waals surface area contributed by atoms with Gasteiger partial charge in [-0.1, -0.05) is 18.2 Å². The molecule has 2 heterocycles. The maximum Gasteiger partial charge on any atom is 0.337 e. The van der Waals surface area contributed by atoms with E-state index >= 15 is 0 Å². The van der Waals surface area contributed by atoms with E-state index in [9.17, 15) is 14.7 Å². The molecule has 0 radical (unpaired) electrons. The van der Waals surface area contributed by atoms with Crippen LogP contribution in [0.3, 0.4) is 0 Å². The highest BCUT2D eigenvalue weighted by molar-refractivity contribution is 5.94. The molecular weight excluding hydrogens is 432 g/mol. The first kappa shape index (κ1) is 22.7. The lowest BCUT2D eigenvalue weighted by molar-refractivity contribution is 0.0698. The number of aromatic nitrogens is 1. The average Bonchev–Trinajstić information content (AvgIpc) is 2.78. The molecule has 2 aromatic carbocycles. The number of nitrogens with one attached hydrogen (secondary N) is 3. The van der Waals surface area contributed by atoms with Crippen molar-refractivity contribution in [2.75, 3.05) is 5.32 Å². The van der Waals surface area contributed by atoms with E-state index in [4.69, 9.17) is 15.2 Å². The van der Waals surface area contributed by atoms with E-state index in [-0.39, 0.29) is 28.4 Å². The van der Waals surface area contributed by atoms with E-state index in [1.54, 1.807) is 49.5 Å². The van der Waals surface area contributed by atoms with Crippen molar-refractivity contribution in [3.63, 3.8) is 0 Å². The third-order valence-electron chi connectivity index (χ3n) is 5.60. The molecular formula is C26H24N4O4. The number of carboxylic acid groups (broad SMARTS) is 1. The SMILES string of the molecule is CC(=N)n1ccc(-c2cc(=O)c3cc(C)cc(C(C)Nc4ccccc4C(=O)O)c3o2)cc1=N. The molecule has 1 unspecified atom stereocenters. The molecule has 1 atom stereocenters. The van der Waals surface area contributed by atoms with E-state index in [0.717, 1.165) is 5.56 Å². The number of para-hydroxylation sites is 1. The van der Waals surface area contributed by atoms with Gasteiger partial charge in [-0.05, 0) is 56.7 Å². The minimum atomic E-state index is -1.04. The van der Waals surface area contributed by atoms with Crippen LogP contribution in [0.2, 0.25) is 0 Å². The Labute approximate surface area is 195 Å². The van der Waals surface area contributed by atoms with E-state index in [1.165, 1.54) is 16.7 Å². The van der Waals surface area contributed by atoms with Crippen molar-refractivity contribution < 1.29 is 14.3 Å². The van der Waals surface area contributed by atoms with E-state index < -0.39 is 5.97 Å². The van der Waals surface area contributed by atoms with Gasteiger partial charge in [0, 0.05) is 29.1 Å². The number of carbonyl (C=O) groups is 1. The zero-order valence-electron chi connectivity index (χ0n) is 19.0. The summed E-state index contributed by atoms with van der Waals surface area (Å²) in [7, 11) is 0. The Morgan fingerprint density at radius 1 is 1.15 bits per heavy atom. The Kier molecular flexibility index (Phi) is 5.89. The van der Waals surface area contributed by atoms with E-state index in [2.05, 4.69) is 5.32 Å². The van der Waals surface area contributed by atoms with Crippen LogP contribution in [0.15, 0.2) is 70.0 Å². The Morgan fingerprint density at radius 2 is 1.88 bits per heavy atom. The number of pyridine rings is 1. The van der Waals surface area contributed by atoms with Crippen LogP contribution >= 0.6 is 0 Å². The molecule has 0 aliphatic carbocycles. The number of carboxylic acids is 1. The third-order valence-corrected chi connectivity index (χ3v) is 5.60. The molecule has 34 heavy (non-hydrogen) atoms. The molecule has 0 spiro atoms. The van der Waals surface area contributed by atoms with Crippen LogP contribution in [0.4, 0.5) is 5.69 Å². The lowest BCUT2D eigenvalue weighted by Gasteiger charge is -2.19. The maximum atomic E-state index is 13.0. The van der Waals surface area contributed by atoms with Crippen molar-refractivity contribution in [2.45, 2.75) is 26.8 Å². The van der Waals surface area contributed by atoms with Gasteiger partial charge in [0.15, 0.2) is 5.43 Å². The second kappa shape index (κ2) is 8.82. The largest absolute Gasteiger partial charge is 0.478 e. The number of anilines is 1. The lowest BCUT2D eigenvalue weighted by atomic mass is 10.00. The van der Waals surface area contributed by atoms with Crippen LogP contribution in [-0.4, -0.2) is 21.5 Å². The molecule has 4 N–H and O–H groups in total. The Hall–Kier alpha value is -4.46. The Balaban J connectivity index is 1.85. The van der Waals surface area contributed by atoms with Gasteiger partial charge in [-0.2, -0.15) is 0 Å². The maximum absolute atomic E-state index is 13.0. The number of rotatable bonds is 5. The number of benzene rings is 2. The lowest BCUT2D eigenvalue weighted by Crippen LogP contribution is -2.23. The van der Waals surface area contributed by atoms with Gasteiger partial charge in [0.25, 0.3) is 0 Å². The topological polar surface area (TPSA) is 132 Å². The summed E-state index contributed by atoms with van der Waals surface area (Å²) < 4.78 is 7.61. The third kappa shape index (κ3) is 4.25. The van der Waals surface area contributed by atoms with Gasteiger partial charge in [-0.15, -0.1) is 0 Å². The predicted octanol–water partition coefficient (Wildman–Crippen LogP) is 4.77. The van der Waals surface area contributed by atoms with Crippen molar-refractivity contribution in [2.24, 2.45) is 0 Å². The highest BCUT2D eigenvalue weighted by Gasteiger charge is 2.18. The first-order valence-corrected chi connectivity index (χ1v) is 10.7. The number of nitrogens with zero attached hydrogens (tertiary/aromatic N) is 1. The van der Waals surface area contributed by atoms with Gasteiger partial charge in [-0.3, -0.25) is 20.2 Å². The van der Waals surface area contributed by atoms with Gasteiger partial charge in [-0.25, -0.2) is 4.79 Å². The number of hydrogen-bond donors (Lipinski definition) is 4. The Bertz CT molecular complexity index is 1570. The van der Waals surface area contributed by atoms with Gasteiger partial charge >= 0.3 is 5.97 Å². The summed E-state index contributed by atoms with van der Waals surface area (Å²) in [5.41, 5.74) is 3.01. The summed E-state index contributed by atoms with van der Waals surface area (Å²) >= 11 is 0. The van der Waals surface area contributed by atoms with Crippen LogP contribution in [0.25, 0.3) is 22.3 Å². The summed E-state index contributed by atoms with van der Waals surface area (Å²) in [5, 5.41) is 29.1. The zero-order chi connectivity index (χ0) is 24.6. The van der Waals surface area contributed by atoms with E-state index in [0.29, 0.717) is 33.5 Å². The fraction of sp³-hybridized carbons (Fsp3) is 0.154. The van der Waals surface area contributed by atoms with Crippen LogP contribution in [-0.2, 0) is 0 Å². The summed E-state index contributed by atoms with van der Waals surface area (Å²) in [6.45, 7) is 5.34. The first-order valence-electron chi connectivity index (χ1n) is 10.7. The molecule has 8 heteroatoms. The smallest absolute Gasteiger partial charge is 0.337 e. The molecule has 0 bridgehead atoms. The molecule has 172 valence electrons. The van der Waals surface area contributed by atoms with Gasteiger partial charge < -0.3 is 14.8 Å². The molecule has 0 saturated carbocycles. The minimum absolute atomic E-state index is 0.0946. The van der Waals surface area contributed by atoms with Crippen molar-refractivity contribution in [3.8, 4) is 11.3 Å². The highest BCUT2D eigenvalue weighted by Crippen LogP contribution is 2.31. The minimum Gasteiger partial charge on any atom is -0.478 e. The van der Waals surface area contributed by atoms with Crippen molar-refractivity contribution in [3.05, 3.63) is 93.2 Å². The molecule has 0 amide bonds. The summed E-state index contributed by atoms with van der Waals surface area (Å²) in [4.78, 5) is 24.6. The zero-order valence-corrected chi connectivity index (χ0v) is 19.0. The van der Waals surface area contributed by atoms with E-state index in [1.807, 2.05) is 19.9 Å². The summed E-state index contributed by atoms with van der Waals surface area (Å²) in [6.07, 6.45) is 1.59. The van der Waals surface area contributed by atoms with Gasteiger partial charge in [0.2, 0.25) is 0 Å². The van der Waals surface area contributed by atoms with Crippen molar-refractivity contribution in [1.82, 2.24) is 4.57 Å². The average molecular weight is 457 g/mol. The quantitative estimate of drug-likeness (QED) is 0.254. The fourth-order valence-corrected chi connectivity index (χ4v) is 3.95. The monoisotopic (exact) mass is 456 g/mol. The second-order valence-corrected chi connectivity index (χ2v) is 8.18.